The van der Waals surface area contributed by atoms with E-state index in [2.05, 4.69) is 15.3 Å². The van der Waals surface area contributed by atoms with Gasteiger partial charge in [0.15, 0.2) is 0 Å². The van der Waals surface area contributed by atoms with Gasteiger partial charge in [0.05, 0.1) is 12.7 Å². The fraction of sp³-hybridized carbons (Fsp3) is 0.375. The van der Waals surface area contributed by atoms with Crippen molar-refractivity contribution in [2.45, 2.75) is 12.5 Å². The maximum Gasteiger partial charge on any atom is 0.317 e. The molecule has 3 heterocycles. The van der Waals surface area contributed by atoms with Crippen molar-refractivity contribution < 1.29 is 15.0 Å². The zero-order valence-corrected chi connectivity index (χ0v) is 12.7. The highest BCUT2D eigenvalue weighted by molar-refractivity contribution is 5.91. The number of rotatable bonds is 4. The fourth-order valence-corrected chi connectivity index (χ4v) is 2.70. The van der Waals surface area contributed by atoms with Crippen LogP contribution in [0.5, 0.6) is 0 Å². The SMILES string of the molecule is O=C(NCC(O)CO)N1CC=C(c2c[nH]c3ncccc23)CC1. The van der Waals surface area contributed by atoms with E-state index in [9.17, 15) is 9.90 Å². The van der Waals surface area contributed by atoms with Crippen LogP contribution in [0.4, 0.5) is 4.79 Å². The third-order valence-corrected chi connectivity index (χ3v) is 3.99. The van der Waals surface area contributed by atoms with Gasteiger partial charge >= 0.3 is 6.03 Å². The van der Waals surface area contributed by atoms with Crippen LogP contribution < -0.4 is 5.32 Å². The number of H-pyrrole nitrogens is 1. The van der Waals surface area contributed by atoms with Crippen molar-refractivity contribution in [1.82, 2.24) is 20.2 Å². The van der Waals surface area contributed by atoms with Gasteiger partial charge in [-0.3, -0.25) is 0 Å². The topological polar surface area (TPSA) is 101 Å². The predicted molar refractivity (Wildman–Crippen MR) is 86.8 cm³/mol. The molecule has 0 saturated carbocycles. The molecule has 0 spiro atoms. The van der Waals surface area contributed by atoms with E-state index in [1.807, 2.05) is 24.4 Å². The number of amides is 2. The molecule has 3 rings (SSSR count). The first-order valence-corrected chi connectivity index (χ1v) is 7.62. The Hall–Kier alpha value is -2.38. The Balaban J connectivity index is 1.65. The Morgan fingerprint density at radius 3 is 3.13 bits per heavy atom. The predicted octanol–water partition coefficient (Wildman–Crippen LogP) is 0.715. The number of carbonyl (C=O) groups is 1. The lowest BCUT2D eigenvalue weighted by molar-refractivity contribution is 0.0941. The number of pyridine rings is 1. The number of fused-ring (bicyclic) bond motifs is 1. The molecule has 0 saturated heterocycles. The van der Waals surface area contributed by atoms with Crippen molar-refractivity contribution in [3.63, 3.8) is 0 Å². The maximum atomic E-state index is 12.0. The van der Waals surface area contributed by atoms with Gasteiger partial charge in [0.2, 0.25) is 0 Å². The molecule has 0 bridgehead atoms. The minimum atomic E-state index is -0.923. The Bertz CT molecular complexity index is 725. The van der Waals surface area contributed by atoms with Gasteiger partial charge < -0.3 is 25.4 Å². The van der Waals surface area contributed by atoms with E-state index in [1.165, 1.54) is 5.57 Å². The lowest BCUT2D eigenvalue weighted by Crippen LogP contribution is -2.45. The van der Waals surface area contributed by atoms with Gasteiger partial charge in [0.1, 0.15) is 5.65 Å². The van der Waals surface area contributed by atoms with E-state index >= 15 is 0 Å². The summed E-state index contributed by atoms with van der Waals surface area (Å²) in [6, 6.07) is 3.72. The molecule has 1 aliphatic heterocycles. The molecular weight excluding hydrogens is 296 g/mol. The maximum absolute atomic E-state index is 12.0. The van der Waals surface area contributed by atoms with Gasteiger partial charge in [-0.25, -0.2) is 9.78 Å². The second kappa shape index (κ2) is 6.80. The van der Waals surface area contributed by atoms with Gasteiger partial charge in [0.25, 0.3) is 0 Å². The van der Waals surface area contributed by atoms with Crippen LogP contribution in [0.2, 0.25) is 0 Å². The van der Waals surface area contributed by atoms with Crippen molar-refractivity contribution in [2.24, 2.45) is 0 Å². The number of nitrogens with one attached hydrogen (secondary N) is 2. The summed E-state index contributed by atoms with van der Waals surface area (Å²) in [7, 11) is 0. The Labute approximate surface area is 133 Å². The van der Waals surface area contributed by atoms with Crippen LogP contribution in [0.1, 0.15) is 12.0 Å². The van der Waals surface area contributed by atoms with E-state index in [4.69, 9.17) is 5.11 Å². The quantitative estimate of drug-likeness (QED) is 0.667. The molecule has 2 aromatic rings. The van der Waals surface area contributed by atoms with Crippen LogP contribution in [0.15, 0.2) is 30.6 Å². The molecule has 4 N–H and O–H groups in total. The molecule has 122 valence electrons. The van der Waals surface area contributed by atoms with Gasteiger partial charge in [-0.2, -0.15) is 0 Å². The van der Waals surface area contributed by atoms with Crippen molar-refractivity contribution in [1.29, 1.82) is 0 Å². The normalized spacial score (nSPS) is 16.3. The summed E-state index contributed by atoms with van der Waals surface area (Å²) in [5.74, 6) is 0. The molecule has 0 aliphatic carbocycles. The van der Waals surface area contributed by atoms with Crippen molar-refractivity contribution in [3.8, 4) is 0 Å². The molecule has 2 aromatic heterocycles. The number of aromatic nitrogens is 2. The van der Waals surface area contributed by atoms with Crippen LogP contribution in [-0.4, -0.2) is 63.5 Å². The first-order chi connectivity index (χ1) is 11.2. The number of aromatic amines is 1. The number of hydrogen-bond donors (Lipinski definition) is 4. The summed E-state index contributed by atoms with van der Waals surface area (Å²) in [5.41, 5.74) is 3.19. The van der Waals surface area contributed by atoms with E-state index in [0.717, 1.165) is 23.0 Å². The number of nitrogens with zero attached hydrogens (tertiary/aromatic N) is 2. The minimum absolute atomic E-state index is 0.0521. The summed E-state index contributed by atoms with van der Waals surface area (Å²) >= 11 is 0. The van der Waals surface area contributed by atoms with Gasteiger partial charge in [0, 0.05) is 43.0 Å². The minimum Gasteiger partial charge on any atom is -0.394 e. The van der Waals surface area contributed by atoms with Crippen molar-refractivity contribution in [3.05, 3.63) is 36.2 Å². The highest BCUT2D eigenvalue weighted by Gasteiger charge is 2.19. The molecular formula is C16H20N4O3. The van der Waals surface area contributed by atoms with Crippen LogP contribution in [-0.2, 0) is 0 Å². The Kier molecular flexibility index (Phi) is 4.59. The highest BCUT2D eigenvalue weighted by atomic mass is 16.3. The summed E-state index contributed by atoms with van der Waals surface area (Å²) in [6.07, 6.45) is 5.59. The van der Waals surface area contributed by atoms with E-state index in [-0.39, 0.29) is 19.2 Å². The average Bonchev–Trinajstić information content (AvgIpc) is 3.03. The van der Waals surface area contributed by atoms with Crippen LogP contribution in [0.25, 0.3) is 16.6 Å². The molecule has 2 amide bonds. The number of aliphatic hydroxyl groups is 2. The zero-order valence-electron chi connectivity index (χ0n) is 12.7. The standard InChI is InChI=1S/C16H20N4O3/c21-10-12(22)8-19-16(23)20-6-3-11(4-7-20)14-9-18-15-13(14)2-1-5-17-15/h1-3,5,9,12,21-22H,4,6-8,10H2,(H,17,18)(H,19,23). The lowest BCUT2D eigenvalue weighted by atomic mass is 10.00. The Morgan fingerprint density at radius 2 is 2.39 bits per heavy atom. The van der Waals surface area contributed by atoms with E-state index in [1.54, 1.807) is 11.1 Å². The third kappa shape index (κ3) is 3.35. The average molecular weight is 316 g/mol. The first kappa shape index (κ1) is 15.5. The first-order valence-electron chi connectivity index (χ1n) is 7.62. The second-order valence-corrected chi connectivity index (χ2v) is 5.55. The molecule has 7 heteroatoms. The van der Waals surface area contributed by atoms with Gasteiger partial charge in [-0.15, -0.1) is 0 Å². The molecule has 1 unspecified atom stereocenters. The molecule has 0 fully saturated rings. The van der Waals surface area contributed by atoms with Crippen molar-refractivity contribution >= 4 is 22.6 Å². The summed E-state index contributed by atoms with van der Waals surface area (Å²) in [6.45, 7) is 0.818. The number of carbonyl (C=O) groups excluding carboxylic acids is 1. The van der Waals surface area contributed by atoms with Gasteiger partial charge in [-0.05, 0) is 24.1 Å². The molecule has 7 nitrogen and oxygen atoms in total. The van der Waals surface area contributed by atoms with E-state index < -0.39 is 6.10 Å². The fourth-order valence-electron chi connectivity index (χ4n) is 2.70. The smallest absolute Gasteiger partial charge is 0.317 e. The summed E-state index contributed by atoms with van der Waals surface area (Å²) < 4.78 is 0. The summed E-state index contributed by atoms with van der Waals surface area (Å²) in [4.78, 5) is 21.1. The highest BCUT2D eigenvalue weighted by Crippen LogP contribution is 2.28. The second-order valence-electron chi connectivity index (χ2n) is 5.55. The zero-order chi connectivity index (χ0) is 16.2. The molecule has 1 aliphatic rings. The Morgan fingerprint density at radius 1 is 1.52 bits per heavy atom. The molecule has 0 aromatic carbocycles. The largest absolute Gasteiger partial charge is 0.394 e. The van der Waals surface area contributed by atoms with Crippen LogP contribution in [0.3, 0.4) is 0 Å². The molecule has 1 atom stereocenters. The van der Waals surface area contributed by atoms with Crippen LogP contribution in [0, 0.1) is 0 Å². The number of urea groups is 1. The van der Waals surface area contributed by atoms with Crippen molar-refractivity contribution in [2.75, 3.05) is 26.2 Å². The number of hydrogen-bond acceptors (Lipinski definition) is 4. The lowest BCUT2D eigenvalue weighted by Gasteiger charge is -2.27. The number of aliphatic hydroxyl groups excluding tert-OH is 2. The van der Waals surface area contributed by atoms with Crippen LogP contribution >= 0.6 is 0 Å². The monoisotopic (exact) mass is 316 g/mol. The molecule has 23 heavy (non-hydrogen) atoms. The van der Waals surface area contributed by atoms with Gasteiger partial charge in [-0.1, -0.05) is 6.08 Å². The summed E-state index contributed by atoms with van der Waals surface area (Å²) in [5, 5.41) is 21.7. The third-order valence-electron chi connectivity index (χ3n) is 3.99. The molecule has 0 radical (unpaired) electrons. The van der Waals surface area contributed by atoms with E-state index in [0.29, 0.717) is 13.1 Å².